The molecule has 4 atom stereocenters. The quantitative estimate of drug-likeness (QED) is 0.269. The first kappa shape index (κ1) is 12.1. The first-order valence-electron chi connectivity index (χ1n) is 4.77. The van der Waals surface area contributed by atoms with E-state index in [0.717, 1.165) is 0 Å². The highest BCUT2D eigenvalue weighted by Crippen LogP contribution is 2.00. The molecule has 0 saturated carbocycles. The maximum atomic E-state index is 11.0. The largest absolute Gasteiger partial charge is 0.462 e. The minimum absolute atomic E-state index is 0.0592. The number of aliphatic hydroxyl groups is 3. The summed E-state index contributed by atoms with van der Waals surface area (Å²) < 4.78 is 11.2. The lowest BCUT2D eigenvalue weighted by atomic mass is 10.1. The number of aldehydes is 1. The predicted molar refractivity (Wildman–Crippen MR) is 48.7 cm³/mol. The zero-order chi connectivity index (χ0) is 12.7. The molecule has 0 fully saturated rings. The third-order valence-corrected chi connectivity index (χ3v) is 1.63. The summed E-state index contributed by atoms with van der Waals surface area (Å²) in [5.74, 6) is -0.790. The van der Waals surface area contributed by atoms with Gasteiger partial charge in [0.05, 0.1) is 0 Å². The molecule has 5 N–H and O–H groups in total. The fourth-order valence-corrected chi connectivity index (χ4v) is 0.699. The van der Waals surface area contributed by atoms with Crippen LogP contribution in [0.1, 0.15) is 6.92 Å². The summed E-state index contributed by atoms with van der Waals surface area (Å²) in [5.41, 5.74) is 1.88. The van der Waals surface area contributed by atoms with Crippen molar-refractivity contribution in [1.82, 2.24) is 0 Å². The molecule has 0 unspecified atom stereocenters. The number of rotatable bonds is 7. The van der Waals surface area contributed by atoms with Crippen molar-refractivity contribution in [1.29, 1.82) is 0 Å². The molecule has 0 radical (unpaired) electrons. The van der Waals surface area contributed by atoms with Crippen molar-refractivity contribution in [2.45, 2.75) is 31.3 Å². The highest BCUT2D eigenvalue weighted by Gasteiger charge is 2.25. The van der Waals surface area contributed by atoms with E-state index >= 15 is 0 Å². The first-order valence-corrected chi connectivity index (χ1v) is 4.27. The fourth-order valence-electron chi connectivity index (χ4n) is 0.699. The summed E-state index contributed by atoms with van der Waals surface area (Å²) >= 11 is 0. The lowest BCUT2D eigenvalue weighted by molar-refractivity contribution is -0.153. The molecular weight excluding hydrogens is 206 g/mol. The SMILES string of the molecule is [2H]N[C@@H](C)C(=O)OC[C@@H](O)[C@@H](O)[C@@H](O)C=O. The Balaban J connectivity index is 4.01. The predicted octanol–water partition coefficient (Wildman–Crippen LogP) is -2.84. The third kappa shape index (κ3) is 4.84. The molecule has 0 aromatic carbocycles. The Morgan fingerprint density at radius 2 is 2.20 bits per heavy atom. The van der Waals surface area contributed by atoms with Gasteiger partial charge in [-0.15, -0.1) is 0 Å². The minimum atomic E-state index is -1.74. The molecule has 7 heteroatoms. The summed E-state index contributed by atoms with van der Waals surface area (Å²) in [4.78, 5) is 21.1. The molecule has 0 heterocycles. The highest BCUT2D eigenvalue weighted by atomic mass is 16.5. The molecule has 0 aliphatic rings. The smallest absolute Gasteiger partial charge is 0.322 e. The molecule has 0 bridgehead atoms. The van der Waals surface area contributed by atoms with E-state index in [4.69, 9.17) is 11.6 Å². The number of hydrogen-bond donors (Lipinski definition) is 4. The van der Waals surface area contributed by atoms with Crippen molar-refractivity contribution in [3.63, 3.8) is 0 Å². The monoisotopic (exact) mass is 222 g/mol. The molecule has 0 rings (SSSR count). The molecule has 0 aliphatic heterocycles. The molecule has 88 valence electrons. The van der Waals surface area contributed by atoms with E-state index < -0.39 is 36.9 Å². The Labute approximate surface area is 87.9 Å². The van der Waals surface area contributed by atoms with Crippen LogP contribution >= 0.6 is 0 Å². The average molecular weight is 222 g/mol. The molecule has 0 amide bonds. The Morgan fingerprint density at radius 3 is 2.67 bits per heavy atom. The summed E-state index contributed by atoms with van der Waals surface area (Å²) in [6.45, 7) is 0.801. The van der Waals surface area contributed by atoms with E-state index in [1.807, 2.05) is 5.73 Å². The van der Waals surface area contributed by atoms with Gasteiger partial charge in [0.1, 0.15) is 32.4 Å². The van der Waals surface area contributed by atoms with Crippen LogP contribution in [0.2, 0.25) is 1.41 Å². The van der Waals surface area contributed by atoms with Crippen LogP contribution in [-0.4, -0.2) is 58.5 Å². The van der Waals surface area contributed by atoms with Crippen LogP contribution in [0.15, 0.2) is 0 Å². The van der Waals surface area contributed by atoms with Gasteiger partial charge in [-0.2, -0.15) is 0 Å². The van der Waals surface area contributed by atoms with Gasteiger partial charge in [0, 0.05) is 0 Å². The summed E-state index contributed by atoms with van der Waals surface area (Å²) in [7, 11) is 0. The van der Waals surface area contributed by atoms with Crippen LogP contribution in [0.3, 0.4) is 0 Å². The molecule has 0 aliphatic carbocycles. The maximum Gasteiger partial charge on any atom is 0.322 e. The second kappa shape index (κ2) is 6.46. The molecule has 7 nitrogen and oxygen atoms in total. The van der Waals surface area contributed by atoms with Crippen LogP contribution in [0.4, 0.5) is 0 Å². The summed E-state index contributed by atoms with van der Waals surface area (Å²) in [6.07, 6.45) is -4.96. The molecule has 0 aromatic heterocycles. The van der Waals surface area contributed by atoms with Crippen molar-refractivity contribution in [3.8, 4) is 0 Å². The zero-order valence-corrected chi connectivity index (χ0v) is 8.16. The number of ether oxygens (including phenoxy) is 1. The van der Waals surface area contributed by atoms with Gasteiger partial charge in [0.15, 0.2) is 6.29 Å². The van der Waals surface area contributed by atoms with E-state index in [-0.39, 0.29) is 6.29 Å². The number of aliphatic hydroxyl groups excluding tert-OH is 3. The zero-order valence-electron chi connectivity index (χ0n) is 9.16. The van der Waals surface area contributed by atoms with Crippen molar-refractivity contribution in [2.75, 3.05) is 6.61 Å². The molecule has 15 heavy (non-hydrogen) atoms. The van der Waals surface area contributed by atoms with E-state index in [1.165, 1.54) is 6.92 Å². The molecular formula is C8H15NO6. The van der Waals surface area contributed by atoms with Crippen molar-refractivity contribution in [3.05, 3.63) is 0 Å². The number of nitrogens with two attached hydrogens (primary N) is 1. The van der Waals surface area contributed by atoms with Gasteiger partial charge < -0.3 is 30.6 Å². The number of hydrogen-bond acceptors (Lipinski definition) is 7. The Bertz CT molecular complexity index is 239. The second-order valence-electron chi connectivity index (χ2n) is 3.04. The summed E-state index contributed by atoms with van der Waals surface area (Å²) in [6, 6.07) is -0.875. The number of carbonyl (C=O) groups excluding carboxylic acids is 2. The fraction of sp³-hybridized carbons (Fsp3) is 0.750. The van der Waals surface area contributed by atoms with E-state index in [9.17, 15) is 14.7 Å². The van der Waals surface area contributed by atoms with E-state index in [1.54, 1.807) is 0 Å². The first-order chi connectivity index (χ1) is 7.43. The van der Waals surface area contributed by atoms with Gasteiger partial charge in [-0.3, -0.25) is 4.79 Å². The van der Waals surface area contributed by atoms with E-state index in [2.05, 4.69) is 4.74 Å². The Hall–Kier alpha value is -1.02. The number of carbonyl (C=O) groups is 2. The van der Waals surface area contributed by atoms with Gasteiger partial charge in [-0.05, 0) is 6.92 Å². The standard InChI is InChI=1S/C8H15NO6/c1-4(9)8(14)15-3-6(12)7(13)5(11)2-10/h2,4-7,11-13H,3,9H2,1H3/t4-,5-,6+,7-/m0/s1/i/hD. The van der Waals surface area contributed by atoms with E-state index in [0.29, 0.717) is 0 Å². The van der Waals surface area contributed by atoms with Crippen LogP contribution in [-0.2, 0) is 14.3 Å². The summed E-state index contributed by atoms with van der Waals surface area (Å²) in [5, 5.41) is 27.2. The second-order valence-corrected chi connectivity index (χ2v) is 3.04. The highest BCUT2D eigenvalue weighted by molar-refractivity contribution is 5.74. The van der Waals surface area contributed by atoms with Crippen LogP contribution in [0.5, 0.6) is 0 Å². The van der Waals surface area contributed by atoms with Crippen LogP contribution in [0, 0.1) is 0 Å². The lowest BCUT2D eigenvalue weighted by Gasteiger charge is -2.19. The number of esters is 1. The third-order valence-electron chi connectivity index (χ3n) is 1.63. The van der Waals surface area contributed by atoms with Crippen molar-refractivity contribution < 1.29 is 31.1 Å². The Kier molecular flexibility index (Phi) is 5.19. The minimum Gasteiger partial charge on any atom is -0.462 e. The van der Waals surface area contributed by atoms with Gasteiger partial charge in [0.2, 0.25) is 0 Å². The topological polar surface area (TPSA) is 130 Å². The molecule has 0 aromatic rings. The normalized spacial score (nSPS) is 19.6. The van der Waals surface area contributed by atoms with Gasteiger partial charge in [-0.25, -0.2) is 0 Å². The Morgan fingerprint density at radius 1 is 1.60 bits per heavy atom. The van der Waals surface area contributed by atoms with Gasteiger partial charge >= 0.3 is 5.97 Å². The van der Waals surface area contributed by atoms with Crippen LogP contribution in [0.25, 0.3) is 0 Å². The van der Waals surface area contributed by atoms with Crippen LogP contribution < -0.4 is 5.73 Å². The molecule has 0 spiro atoms. The molecule has 0 saturated heterocycles. The van der Waals surface area contributed by atoms with Crippen molar-refractivity contribution in [2.24, 2.45) is 5.73 Å². The van der Waals surface area contributed by atoms with Crippen molar-refractivity contribution >= 4 is 12.3 Å². The van der Waals surface area contributed by atoms with Gasteiger partial charge in [0.25, 0.3) is 0 Å². The average Bonchev–Trinajstić information content (AvgIpc) is 2.32. The maximum absolute atomic E-state index is 11.0. The van der Waals surface area contributed by atoms with Gasteiger partial charge in [-0.1, -0.05) is 0 Å². The lowest BCUT2D eigenvalue weighted by Crippen LogP contribution is -2.42.